The van der Waals surface area contributed by atoms with E-state index in [1.54, 1.807) is 4.90 Å². The summed E-state index contributed by atoms with van der Waals surface area (Å²) in [7, 11) is -3.45. The second-order valence-corrected chi connectivity index (χ2v) is 10.7. The molecule has 0 atom stereocenters. The molecule has 6 nitrogen and oxygen atoms in total. The molecule has 0 spiro atoms. The van der Waals surface area contributed by atoms with Crippen molar-refractivity contribution >= 4 is 32.0 Å². The van der Waals surface area contributed by atoms with Gasteiger partial charge in [-0.05, 0) is 64.2 Å². The number of rotatable bonds is 4. The number of benzene rings is 1. The maximum Gasteiger partial charge on any atom is 0.410 e. The van der Waals surface area contributed by atoms with Gasteiger partial charge in [-0.1, -0.05) is 28.1 Å². The van der Waals surface area contributed by atoms with Gasteiger partial charge in [-0.15, -0.1) is 0 Å². The van der Waals surface area contributed by atoms with Crippen LogP contribution in [0.3, 0.4) is 0 Å². The van der Waals surface area contributed by atoms with Gasteiger partial charge in [0.1, 0.15) is 5.60 Å². The van der Waals surface area contributed by atoms with Crippen LogP contribution in [0.1, 0.15) is 50.3 Å². The van der Waals surface area contributed by atoms with Crippen molar-refractivity contribution in [3.8, 4) is 0 Å². The van der Waals surface area contributed by atoms with Crippen LogP contribution in [0.15, 0.2) is 16.6 Å². The van der Waals surface area contributed by atoms with E-state index in [1.165, 1.54) is 0 Å². The summed E-state index contributed by atoms with van der Waals surface area (Å²) in [5.41, 5.74) is 2.28. The standard InChI is InChI=1S/C19H29BrN2O4S/c1-13-10-15(11-14(2)17(13)20)12-27(24,25)21-16-6-8-22(9-7-16)18(23)26-19(3,4)5/h10-11,16,21H,6-9,12H2,1-5H3. The zero-order valence-corrected chi connectivity index (χ0v) is 19.0. The second-order valence-electron chi connectivity index (χ2n) is 8.16. The molecule has 27 heavy (non-hydrogen) atoms. The molecule has 2 rings (SSSR count). The van der Waals surface area contributed by atoms with Gasteiger partial charge in [-0.3, -0.25) is 0 Å². The van der Waals surface area contributed by atoms with Gasteiger partial charge in [0.2, 0.25) is 10.0 Å². The summed E-state index contributed by atoms with van der Waals surface area (Å²) in [6.07, 6.45) is 0.818. The Balaban J connectivity index is 1.91. The number of hydrogen-bond donors (Lipinski definition) is 1. The van der Waals surface area contributed by atoms with Crippen molar-refractivity contribution in [2.45, 2.75) is 64.9 Å². The van der Waals surface area contributed by atoms with Crippen molar-refractivity contribution < 1.29 is 17.9 Å². The lowest BCUT2D eigenvalue weighted by molar-refractivity contribution is 0.0203. The molecular formula is C19H29BrN2O4S. The van der Waals surface area contributed by atoms with Crippen LogP contribution in [0.25, 0.3) is 0 Å². The van der Waals surface area contributed by atoms with Crippen LogP contribution in [-0.2, 0) is 20.5 Å². The predicted octanol–water partition coefficient (Wildman–Crippen LogP) is 3.88. The van der Waals surface area contributed by atoms with E-state index in [1.807, 2.05) is 46.8 Å². The largest absolute Gasteiger partial charge is 0.444 e. The van der Waals surface area contributed by atoms with Crippen LogP contribution in [0.2, 0.25) is 0 Å². The molecule has 1 aromatic rings. The molecule has 0 aliphatic carbocycles. The summed E-state index contributed by atoms with van der Waals surface area (Å²) in [5, 5.41) is 0. The fraction of sp³-hybridized carbons (Fsp3) is 0.632. The Morgan fingerprint density at radius 1 is 1.22 bits per heavy atom. The molecule has 152 valence electrons. The lowest BCUT2D eigenvalue weighted by atomic mass is 10.1. The first kappa shape index (κ1) is 22.2. The first-order valence-corrected chi connectivity index (χ1v) is 11.5. The monoisotopic (exact) mass is 460 g/mol. The van der Waals surface area contributed by atoms with Crippen molar-refractivity contribution in [3.05, 3.63) is 33.3 Å². The average molecular weight is 461 g/mol. The topological polar surface area (TPSA) is 75.7 Å². The van der Waals surface area contributed by atoms with Crippen LogP contribution in [-0.4, -0.2) is 44.1 Å². The molecule has 1 aliphatic heterocycles. The molecule has 0 radical (unpaired) electrons. The summed E-state index contributed by atoms with van der Waals surface area (Å²) >= 11 is 3.50. The molecule has 0 bridgehead atoms. The average Bonchev–Trinajstić information content (AvgIpc) is 2.50. The number of sulfonamides is 1. The number of piperidine rings is 1. The third kappa shape index (κ3) is 6.76. The fourth-order valence-electron chi connectivity index (χ4n) is 3.14. The highest BCUT2D eigenvalue weighted by atomic mass is 79.9. The van der Waals surface area contributed by atoms with E-state index in [0.29, 0.717) is 25.9 Å². The number of carbonyl (C=O) groups excluding carboxylic acids is 1. The Morgan fingerprint density at radius 2 is 1.74 bits per heavy atom. The molecule has 0 unspecified atom stereocenters. The highest BCUT2D eigenvalue weighted by Gasteiger charge is 2.28. The van der Waals surface area contributed by atoms with E-state index < -0.39 is 15.6 Å². The predicted molar refractivity (Wildman–Crippen MR) is 110 cm³/mol. The van der Waals surface area contributed by atoms with Gasteiger partial charge in [-0.2, -0.15) is 0 Å². The zero-order valence-electron chi connectivity index (χ0n) is 16.6. The summed E-state index contributed by atoms with van der Waals surface area (Å²) in [5.74, 6) is -0.0474. The number of amides is 1. The molecule has 1 amide bonds. The van der Waals surface area contributed by atoms with E-state index >= 15 is 0 Å². The van der Waals surface area contributed by atoms with E-state index in [9.17, 15) is 13.2 Å². The van der Waals surface area contributed by atoms with Crippen molar-refractivity contribution in [2.24, 2.45) is 0 Å². The van der Waals surface area contributed by atoms with Crippen LogP contribution in [0, 0.1) is 13.8 Å². The number of nitrogens with one attached hydrogen (secondary N) is 1. The highest BCUT2D eigenvalue weighted by Crippen LogP contribution is 2.24. The summed E-state index contributed by atoms with van der Waals surface area (Å²) in [6, 6.07) is 3.62. The van der Waals surface area contributed by atoms with Crippen LogP contribution >= 0.6 is 15.9 Å². The highest BCUT2D eigenvalue weighted by molar-refractivity contribution is 9.10. The van der Waals surface area contributed by atoms with Gasteiger partial charge in [0.15, 0.2) is 0 Å². The minimum Gasteiger partial charge on any atom is -0.444 e. The molecule has 1 N–H and O–H groups in total. The van der Waals surface area contributed by atoms with Gasteiger partial charge in [-0.25, -0.2) is 17.9 Å². The van der Waals surface area contributed by atoms with Gasteiger partial charge < -0.3 is 9.64 Å². The minimum atomic E-state index is -3.45. The molecule has 0 aromatic heterocycles. The fourth-order valence-corrected chi connectivity index (χ4v) is 4.80. The van der Waals surface area contributed by atoms with E-state index in [4.69, 9.17) is 4.74 Å². The van der Waals surface area contributed by atoms with Crippen molar-refractivity contribution in [3.63, 3.8) is 0 Å². The van der Waals surface area contributed by atoms with Gasteiger partial charge in [0, 0.05) is 23.6 Å². The van der Waals surface area contributed by atoms with Gasteiger partial charge in [0.25, 0.3) is 0 Å². The number of aryl methyl sites for hydroxylation is 2. The normalized spacial score (nSPS) is 16.4. The Hall–Kier alpha value is -1.12. The maximum absolute atomic E-state index is 12.6. The first-order chi connectivity index (χ1) is 12.4. The van der Waals surface area contributed by atoms with Gasteiger partial charge >= 0.3 is 6.09 Å². The van der Waals surface area contributed by atoms with Crippen LogP contribution in [0.4, 0.5) is 4.79 Å². The SMILES string of the molecule is Cc1cc(CS(=O)(=O)NC2CCN(C(=O)OC(C)(C)C)CC2)cc(C)c1Br. The summed E-state index contributed by atoms with van der Waals surface area (Å²) in [4.78, 5) is 13.7. The minimum absolute atomic E-state index is 0.0474. The molecule has 1 aromatic carbocycles. The lowest BCUT2D eigenvalue weighted by Gasteiger charge is -2.33. The molecule has 0 saturated carbocycles. The molecule has 1 saturated heterocycles. The molecule has 1 fully saturated rings. The Morgan fingerprint density at radius 3 is 2.22 bits per heavy atom. The molecule has 1 heterocycles. The van der Waals surface area contributed by atoms with Gasteiger partial charge in [0.05, 0.1) is 5.75 Å². The lowest BCUT2D eigenvalue weighted by Crippen LogP contribution is -2.47. The molecule has 1 aliphatic rings. The number of ether oxygens (including phenoxy) is 1. The maximum atomic E-state index is 12.6. The zero-order chi connectivity index (χ0) is 20.4. The second kappa shape index (κ2) is 8.49. The number of carbonyl (C=O) groups is 1. The van der Waals surface area contributed by atoms with Crippen molar-refractivity contribution in [2.75, 3.05) is 13.1 Å². The smallest absolute Gasteiger partial charge is 0.410 e. The quantitative estimate of drug-likeness (QED) is 0.739. The molecular weight excluding hydrogens is 432 g/mol. The number of nitrogens with zero attached hydrogens (tertiary/aromatic N) is 1. The number of likely N-dealkylation sites (tertiary alicyclic amines) is 1. The van der Waals surface area contributed by atoms with Crippen LogP contribution in [0.5, 0.6) is 0 Å². The third-order valence-electron chi connectivity index (χ3n) is 4.35. The number of halogens is 1. The van der Waals surface area contributed by atoms with Crippen molar-refractivity contribution in [1.29, 1.82) is 0 Å². The third-order valence-corrected chi connectivity index (χ3v) is 7.00. The first-order valence-electron chi connectivity index (χ1n) is 9.10. The molecule has 8 heteroatoms. The van der Waals surface area contributed by atoms with E-state index in [-0.39, 0.29) is 17.9 Å². The Kier molecular flexibility index (Phi) is 6.97. The van der Waals surface area contributed by atoms with E-state index in [2.05, 4.69) is 20.7 Å². The van der Waals surface area contributed by atoms with Crippen molar-refractivity contribution in [1.82, 2.24) is 9.62 Å². The van der Waals surface area contributed by atoms with E-state index in [0.717, 1.165) is 21.2 Å². The Bertz CT molecular complexity index is 771. The number of hydrogen-bond acceptors (Lipinski definition) is 4. The summed E-state index contributed by atoms with van der Waals surface area (Å²) in [6.45, 7) is 10.4. The summed E-state index contributed by atoms with van der Waals surface area (Å²) < 4.78 is 34.3. The van der Waals surface area contributed by atoms with Crippen LogP contribution < -0.4 is 4.72 Å². The Labute approximate surface area is 170 Å².